The van der Waals surface area contributed by atoms with Gasteiger partial charge in [0.25, 0.3) is 5.91 Å². The molecule has 0 heterocycles. The Morgan fingerprint density at radius 2 is 1.77 bits per heavy atom. The molecule has 0 aliphatic rings. The molecular weight excluding hydrogens is 326 g/mol. The van der Waals surface area contributed by atoms with Crippen LogP contribution in [0.15, 0.2) is 12.1 Å². The molecule has 0 saturated heterocycles. The van der Waals surface area contributed by atoms with Crippen LogP contribution in [0.4, 0.5) is 5.69 Å². The molecule has 4 nitrogen and oxygen atoms in total. The highest BCUT2D eigenvalue weighted by molar-refractivity contribution is 5.97. The summed E-state index contributed by atoms with van der Waals surface area (Å²) < 4.78 is 11.7. The van der Waals surface area contributed by atoms with E-state index in [0.717, 1.165) is 48.2 Å². The van der Waals surface area contributed by atoms with E-state index in [1.165, 1.54) is 0 Å². The summed E-state index contributed by atoms with van der Waals surface area (Å²) in [5, 5.41) is 3.05. The van der Waals surface area contributed by atoms with Crippen LogP contribution in [-0.4, -0.2) is 24.7 Å². The Hall–Kier alpha value is -1.55. The lowest BCUT2D eigenvalue weighted by molar-refractivity contribution is -0.139. The lowest BCUT2D eigenvalue weighted by Crippen LogP contribution is -2.42. The highest BCUT2D eigenvalue weighted by Gasteiger charge is 2.33. The second-order valence-electron chi connectivity index (χ2n) is 7.72. The number of aryl methyl sites for hydroxylation is 2. The smallest absolute Gasteiger partial charge is 0.256 e. The number of rotatable bonds is 11. The first-order valence-electron chi connectivity index (χ1n) is 9.93. The predicted octanol–water partition coefficient (Wildman–Crippen LogP) is 5.65. The Morgan fingerprint density at radius 1 is 1.15 bits per heavy atom. The second kappa shape index (κ2) is 10.6. The van der Waals surface area contributed by atoms with E-state index >= 15 is 0 Å². The zero-order valence-electron chi connectivity index (χ0n) is 17.7. The van der Waals surface area contributed by atoms with Crippen LogP contribution in [0.3, 0.4) is 0 Å². The number of ether oxygens (including phenoxy) is 2. The van der Waals surface area contributed by atoms with Gasteiger partial charge in [0.1, 0.15) is 11.4 Å². The Morgan fingerprint density at radius 3 is 2.27 bits per heavy atom. The Balaban J connectivity index is 2.89. The van der Waals surface area contributed by atoms with Gasteiger partial charge in [-0.1, -0.05) is 40.0 Å². The fraction of sp³-hybridized carbons (Fsp3) is 0.682. The zero-order valence-corrected chi connectivity index (χ0v) is 17.7. The lowest BCUT2D eigenvalue weighted by atomic mass is 9.96. The third-order valence-electron chi connectivity index (χ3n) is 4.48. The minimum Gasteiger partial charge on any atom is -0.493 e. The first-order chi connectivity index (χ1) is 12.2. The highest BCUT2D eigenvalue weighted by atomic mass is 16.5. The molecule has 1 aromatic rings. The van der Waals surface area contributed by atoms with Crippen molar-refractivity contribution in [1.82, 2.24) is 0 Å². The molecule has 26 heavy (non-hydrogen) atoms. The van der Waals surface area contributed by atoms with Crippen molar-refractivity contribution in [3.8, 4) is 5.75 Å². The molecule has 0 spiro atoms. The van der Waals surface area contributed by atoms with Crippen LogP contribution in [0.25, 0.3) is 0 Å². The van der Waals surface area contributed by atoms with Gasteiger partial charge in [-0.3, -0.25) is 4.79 Å². The monoisotopic (exact) mass is 363 g/mol. The van der Waals surface area contributed by atoms with Crippen molar-refractivity contribution in [2.24, 2.45) is 5.92 Å². The maximum atomic E-state index is 12.9. The van der Waals surface area contributed by atoms with Gasteiger partial charge >= 0.3 is 0 Å². The third kappa shape index (κ3) is 6.64. The third-order valence-corrected chi connectivity index (χ3v) is 4.48. The maximum Gasteiger partial charge on any atom is 0.256 e. The molecule has 0 bridgehead atoms. The van der Waals surface area contributed by atoms with Gasteiger partial charge in [-0.05, 0) is 63.3 Å². The summed E-state index contributed by atoms with van der Waals surface area (Å²) in [4.78, 5) is 12.9. The number of amides is 1. The van der Waals surface area contributed by atoms with Gasteiger partial charge < -0.3 is 14.8 Å². The standard InChI is InChI=1S/C22H37NO3/c1-8-10-11-12-22(7,26-9-2)21(24)23-19-13-17(5)20(18(6)14-19)25-15-16(3)4/h13-14,16H,8-12,15H2,1-7H3,(H,23,24). The van der Waals surface area contributed by atoms with Crippen LogP contribution in [0.5, 0.6) is 5.75 Å². The number of carbonyl (C=O) groups excluding carboxylic acids is 1. The number of hydrogen-bond acceptors (Lipinski definition) is 3. The van der Waals surface area contributed by atoms with Gasteiger partial charge in [-0.15, -0.1) is 0 Å². The summed E-state index contributed by atoms with van der Waals surface area (Å²) in [5.74, 6) is 1.31. The predicted molar refractivity (Wildman–Crippen MR) is 109 cm³/mol. The first kappa shape index (κ1) is 22.5. The molecule has 4 heteroatoms. The van der Waals surface area contributed by atoms with Gasteiger partial charge in [0.15, 0.2) is 0 Å². The summed E-state index contributed by atoms with van der Waals surface area (Å²) in [6.45, 7) is 15.5. The van der Waals surface area contributed by atoms with Crippen LogP contribution in [0.2, 0.25) is 0 Å². The number of carbonyl (C=O) groups is 1. The van der Waals surface area contributed by atoms with E-state index in [-0.39, 0.29) is 5.91 Å². The second-order valence-corrected chi connectivity index (χ2v) is 7.72. The molecule has 1 unspecified atom stereocenters. The number of unbranched alkanes of at least 4 members (excludes halogenated alkanes) is 2. The van der Waals surface area contributed by atoms with Gasteiger partial charge in [0.2, 0.25) is 0 Å². The topological polar surface area (TPSA) is 47.6 Å². The van der Waals surface area contributed by atoms with E-state index in [2.05, 4.69) is 26.1 Å². The van der Waals surface area contributed by atoms with Gasteiger partial charge in [0, 0.05) is 12.3 Å². The SMILES string of the molecule is CCCCCC(C)(OCC)C(=O)Nc1cc(C)c(OCC(C)C)c(C)c1. The molecule has 1 atom stereocenters. The molecule has 1 N–H and O–H groups in total. The highest BCUT2D eigenvalue weighted by Crippen LogP contribution is 2.29. The lowest BCUT2D eigenvalue weighted by Gasteiger charge is -2.28. The molecule has 0 aliphatic carbocycles. The summed E-state index contributed by atoms with van der Waals surface area (Å²) in [6, 6.07) is 3.94. The Kier molecular flexibility index (Phi) is 9.14. The number of hydrogen-bond donors (Lipinski definition) is 1. The van der Waals surface area contributed by atoms with Crippen molar-refractivity contribution in [1.29, 1.82) is 0 Å². The van der Waals surface area contributed by atoms with Crippen molar-refractivity contribution in [2.45, 2.75) is 79.8 Å². The van der Waals surface area contributed by atoms with Crippen molar-refractivity contribution in [2.75, 3.05) is 18.5 Å². The van der Waals surface area contributed by atoms with Crippen LogP contribution in [-0.2, 0) is 9.53 Å². The van der Waals surface area contributed by atoms with E-state index in [1.807, 2.05) is 39.8 Å². The van der Waals surface area contributed by atoms with Crippen LogP contribution < -0.4 is 10.1 Å². The summed E-state index contributed by atoms with van der Waals surface area (Å²) in [7, 11) is 0. The van der Waals surface area contributed by atoms with E-state index in [0.29, 0.717) is 19.1 Å². The zero-order chi connectivity index (χ0) is 19.7. The van der Waals surface area contributed by atoms with Crippen LogP contribution >= 0.6 is 0 Å². The molecule has 148 valence electrons. The maximum absolute atomic E-state index is 12.9. The number of anilines is 1. The average molecular weight is 364 g/mol. The molecule has 0 fully saturated rings. The quantitative estimate of drug-likeness (QED) is 0.517. The van der Waals surface area contributed by atoms with Gasteiger partial charge in [-0.25, -0.2) is 0 Å². The molecular formula is C22H37NO3. The normalized spacial score (nSPS) is 13.5. The van der Waals surface area contributed by atoms with E-state index in [4.69, 9.17) is 9.47 Å². The van der Waals surface area contributed by atoms with Crippen molar-refractivity contribution in [3.63, 3.8) is 0 Å². The molecule has 0 aliphatic heterocycles. The Labute approximate surface area is 159 Å². The van der Waals surface area contributed by atoms with Crippen molar-refractivity contribution < 1.29 is 14.3 Å². The van der Waals surface area contributed by atoms with Gasteiger partial charge in [0.05, 0.1) is 6.61 Å². The summed E-state index contributed by atoms with van der Waals surface area (Å²) in [5.41, 5.74) is 2.07. The first-order valence-corrected chi connectivity index (χ1v) is 9.93. The van der Waals surface area contributed by atoms with Crippen molar-refractivity contribution >= 4 is 11.6 Å². The molecule has 0 radical (unpaired) electrons. The molecule has 1 aromatic carbocycles. The Bertz CT molecular complexity index is 560. The van der Waals surface area contributed by atoms with Crippen LogP contribution in [0.1, 0.15) is 71.4 Å². The van der Waals surface area contributed by atoms with E-state index < -0.39 is 5.60 Å². The molecule has 1 amide bonds. The molecule has 0 saturated carbocycles. The average Bonchev–Trinajstić information content (AvgIpc) is 2.54. The fourth-order valence-electron chi connectivity index (χ4n) is 3.05. The summed E-state index contributed by atoms with van der Waals surface area (Å²) >= 11 is 0. The van der Waals surface area contributed by atoms with Crippen LogP contribution in [0, 0.1) is 19.8 Å². The number of benzene rings is 1. The van der Waals surface area contributed by atoms with Gasteiger partial charge in [-0.2, -0.15) is 0 Å². The van der Waals surface area contributed by atoms with E-state index in [9.17, 15) is 4.79 Å². The fourth-order valence-corrected chi connectivity index (χ4v) is 3.05. The number of nitrogens with one attached hydrogen (secondary N) is 1. The molecule has 1 rings (SSSR count). The minimum atomic E-state index is -0.793. The summed E-state index contributed by atoms with van der Waals surface area (Å²) in [6.07, 6.45) is 3.95. The minimum absolute atomic E-state index is 0.0786. The largest absolute Gasteiger partial charge is 0.493 e. The van der Waals surface area contributed by atoms with E-state index in [1.54, 1.807) is 0 Å². The molecule has 0 aromatic heterocycles. The van der Waals surface area contributed by atoms with Crippen molar-refractivity contribution in [3.05, 3.63) is 23.3 Å².